The van der Waals surface area contributed by atoms with Gasteiger partial charge in [0.05, 0.1) is 10.7 Å². The van der Waals surface area contributed by atoms with Gasteiger partial charge < -0.3 is 5.73 Å². The zero-order valence-electron chi connectivity index (χ0n) is 7.81. The fourth-order valence-corrected chi connectivity index (χ4v) is 1.54. The number of benzene rings is 1. The van der Waals surface area contributed by atoms with Crippen molar-refractivity contribution in [3.05, 3.63) is 47.2 Å². The lowest BCUT2D eigenvalue weighted by molar-refractivity contribution is 0.880. The molecule has 0 spiro atoms. The van der Waals surface area contributed by atoms with Crippen molar-refractivity contribution < 1.29 is 0 Å². The van der Waals surface area contributed by atoms with Gasteiger partial charge >= 0.3 is 0 Å². The Labute approximate surface area is 91.8 Å². The van der Waals surface area contributed by atoms with E-state index in [2.05, 4.69) is 5.10 Å². The highest BCUT2D eigenvalue weighted by atomic mass is 35.5. The van der Waals surface area contributed by atoms with Crippen LogP contribution in [0.3, 0.4) is 0 Å². The van der Waals surface area contributed by atoms with E-state index in [-0.39, 0.29) is 5.84 Å². The summed E-state index contributed by atoms with van der Waals surface area (Å²) in [6.45, 7) is 0. The molecule has 5 heteroatoms. The number of hydrogen-bond donors (Lipinski definition) is 2. The quantitative estimate of drug-likeness (QED) is 0.599. The van der Waals surface area contributed by atoms with Crippen LogP contribution in [0.5, 0.6) is 0 Å². The first-order chi connectivity index (χ1) is 7.18. The Kier molecular flexibility index (Phi) is 2.43. The molecule has 0 fully saturated rings. The molecule has 0 aliphatic carbocycles. The van der Waals surface area contributed by atoms with Gasteiger partial charge in [-0.2, -0.15) is 5.10 Å². The summed E-state index contributed by atoms with van der Waals surface area (Å²) >= 11 is 6.05. The number of rotatable bonds is 2. The number of nitrogens with zero attached hydrogens (tertiary/aromatic N) is 2. The number of nitrogens with two attached hydrogens (primary N) is 1. The van der Waals surface area contributed by atoms with Crippen LogP contribution in [0.1, 0.15) is 5.56 Å². The third-order valence-corrected chi connectivity index (χ3v) is 2.31. The lowest BCUT2D eigenvalue weighted by Crippen LogP contribution is -2.11. The molecule has 2 aromatic rings. The van der Waals surface area contributed by atoms with E-state index in [4.69, 9.17) is 22.7 Å². The molecule has 0 radical (unpaired) electrons. The highest BCUT2D eigenvalue weighted by Crippen LogP contribution is 2.20. The topological polar surface area (TPSA) is 67.7 Å². The average molecular weight is 221 g/mol. The smallest absolute Gasteiger partial charge is 0.122 e. The zero-order valence-corrected chi connectivity index (χ0v) is 8.57. The Morgan fingerprint density at radius 1 is 1.47 bits per heavy atom. The van der Waals surface area contributed by atoms with Crippen molar-refractivity contribution >= 4 is 17.4 Å². The minimum atomic E-state index is 0.00363. The number of hydrogen-bond acceptors (Lipinski definition) is 2. The summed E-state index contributed by atoms with van der Waals surface area (Å²) in [6, 6.07) is 6.99. The largest absolute Gasteiger partial charge is 0.384 e. The Bertz CT molecular complexity index is 490. The molecule has 4 nitrogen and oxygen atoms in total. The predicted molar refractivity (Wildman–Crippen MR) is 59.6 cm³/mol. The van der Waals surface area contributed by atoms with Gasteiger partial charge in [0.1, 0.15) is 5.84 Å². The Morgan fingerprint density at radius 2 is 2.27 bits per heavy atom. The van der Waals surface area contributed by atoms with Gasteiger partial charge in [-0.15, -0.1) is 0 Å². The molecule has 1 heterocycles. The summed E-state index contributed by atoms with van der Waals surface area (Å²) in [7, 11) is 0. The van der Waals surface area contributed by atoms with E-state index in [0.29, 0.717) is 10.6 Å². The molecule has 0 amide bonds. The van der Waals surface area contributed by atoms with Gasteiger partial charge in [0.25, 0.3) is 0 Å². The molecule has 0 aliphatic heterocycles. The van der Waals surface area contributed by atoms with Crippen molar-refractivity contribution in [3.63, 3.8) is 0 Å². The fraction of sp³-hybridized carbons (Fsp3) is 0. The van der Waals surface area contributed by atoms with Crippen LogP contribution in [0, 0.1) is 5.41 Å². The van der Waals surface area contributed by atoms with E-state index in [1.807, 2.05) is 6.07 Å². The summed E-state index contributed by atoms with van der Waals surface area (Å²) in [5, 5.41) is 11.9. The van der Waals surface area contributed by atoms with Gasteiger partial charge in [0.2, 0.25) is 0 Å². The number of halogens is 1. The minimum Gasteiger partial charge on any atom is -0.384 e. The minimum absolute atomic E-state index is 0.00363. The molecule has 0 unspecified atom stereocenters. The summed E-state index contributed by atoms with van der Waals surface area (Å²) in [6.07, 6.45) is 3.48. The molecule has 0 atom stereocenters. The first kappa shape index (κ1) is 9.73. The van der Waals surface area contributed by atoms with Crippen LogP contribution in [-0.2, 0) is 0 Å². The van der Waals surface area contributed by atoms with Crippen molar-refractivity contribution in [2.24, 2.45) is 5.73 Å². The predicted octanol–water partition coefficient (Wildman–Crippen LogP) is 1.81. The molecule has 0 aliphatic rings. The second-order valence-electron chi connectivity index (χ2n) is 3.03. The van der Waals surface area contributed by atoms with E-state index in [0.717, 1.165) is 5.69 Å². The first-order valence-corrected chi connectivity index (χ1v) is 4.70. The van der Waals surface area contributed by atoms with Crippen LogP contribution in [0.15, 0.2) is 36.7 Å². The number of nitrogens with one attached hydrogen (secondary N) is 1. The van der Waals surface area contributed by atoms with Gasteiger partial charge in [0.15, 0.2) is 0 Å². The highest BCUT2D eigenvalue weighted by Gasteiger charge is 2.05. The first-order valence-electron chi connectivity index (χ1n) is 4.32. The van der Waals surface area contributed by atoms with E-state index < -0.39 is 0 Å². The molecule has 2 rings (SSSR count). The molecule has 0 saturated carbocycles. The van der Waals surface area contributed by atoms with Crippen molar-refractivity contribution in [2.45, 2.75) is 0 Å². The van der Waals surface area contributed by atoms with Crippen LogP contribution < -0.4 is 5.73 Å². The Morgan fingerprint density at radius 3 is 2.80 bits per heavy atom. The van der Waals surface area contributed by atoms with Crippen LogP contribution in [0.25, 0.3) is 5.69 Å². The van der Waals surface area contributed by atoms with Gasteiger partial charge in [-0.25, -0.2) is 4.68 Å². The molecule has 76 valence electrons. The van der Waals surface area contributed by atoms with Crippen molar-refractivity contribution in [1.29, 1.82) is 5.41 Å². The fourth-order valence-electron chi connectivity index (χ4n) is 1.27. The number of nitrogen functional groups attached to an aromatic ring is 1. The second kappa shape index (κ2) is 3.74. The molecule has 3 N–H and O–H groups in total. The Hall–Kier alpha value is -1.81. The zero-order chi connectivity index (χ0) is 10.8. The van der Waals surface area contributed by atoms with Crippen molar-refractivity contribution in [2.75, 3.05) is 0 Å². The normalized spacial score (nSPS) is 10.2. The molecule has 0 saturated heterocycles. The van der Waals surface area contributed by atoms with Gasteiger partial charge in [-0.1, -0.05) is 11.6 Å². The van der Waals surface area contributed by atoms with Gasteiger partial charge in [-0.05, 0) is 24.3 Å². The van der Waals surface area contributed by atoms with Crippen LogP contribution in [0.4, 0.5) is 0 Å². The molecular weight excluding hydrogens is 212 g/mol. The van der Waals surface area contributed by atoms with Crippen LogP contribution in [-0.4, -0.2) is 15.6 Å². The maximum absolute atomic E-state index is 7.27. The van der Waals surface area contributed by atoms with E-state index in [9.17, 15) is 0 Å². The lowest BCUT2D eigenvalue weighted by Gasteiger charge is -2.05. The summed E-state index contributed by atoms with van der Waals surface area (Å²) in [4.78, 5) is 0. The van der Waals surface area contributed by atoms with Gasteiger partial charge in [-0.3, -0.25) is 5.41 Å². The third-order valence-electron chi connectivity index (χ3n) is 2.01. The third kappa shape index (κ3) is 1.85. The van der Waals surface area contributed by atoms with E-state index >= 15 is 0 Å². The molecule has 1 aromatic heterocycles. The SMILES string of the molecule is N=C(N)c1ccc(-n2cccn2)c(Cl)c1. The Balaban J connectivity index is 2.48. The maximum atomic E-state index is 7.27. The van der Waals surface area contributed by atoms with Crippen molar-refractivity contribution in [1.82, 2.24) is 9.78 Å². The molecule has 0 bridgehead atoms. The van der Waals surface area contributed by atoms with Crippen LogP contribution >= 0.6 is 11.6 Å². The monoisotopic (exact) mass is 220 g/mol. The second-order valence-corrected chi connectivity index (χ2v) is 3.44. The number of amidine groups is 1. The van der Waals surface area contributed by atoms with Crippen LogP contribution in [0.2, 0.25) is 5.02 Å². The van der Waals surface area contributed by atoms with E-state index in [1.54, 1.807) is 35.3 Å². The molecule has 15 heavy (non-hydrogen) atoms. The average Bonchev–Trinajstić information content (AvgIpc) is 2.70. The maximum Gasteiger partial charge on any atom is 0.122 e. The summed E-state index contributed by atoms with van der Waals surface area (Å²) in [5.74, 6) is 0.00363. The van der Waals surface area contributed by atoms with Crippen molar-refractivity contribution in [3.8, 4) is 5.69 Å². The lowest BCUT2D eigenvalue weighted by atomic mass is 10.2. The standard InChI is InChI=1S/C10H9ClN4/c11-8-6-7(10(12)13)2-3-9(8)15-5-1-4-14-15/h1-6H,(H3,12,13). The molecule has 1 aromatic carbocycles. The van der Waals surface area contributed by atoms with Gasteiger partial charge in [0, 0.05) is 18.0 Å². The highest BCUT2D eigenvalue weighted by molar-refractivity contribution is 6.32. The molecular formula is C10H9ClN4. The summed E-state index contributed by atoms with van der Waals surface area (Å²) < 4.78 is 1.66. The number of aromatic nitrogens is 2. The van der Waals surface area contributed by atoms with E-state index in [1.165, 1.54) is 0 Å². The summed E-state index contributed by atoms with van der Waals surface area (Å²) in [5.41, 5.74) is 6.73.